The van der Waals surface area contributed by atoms with E-state index in [2.05, 4.69) is 10.5 Å². The van der Waals surface area contributed by atoms with Crippen molar-refractivity contribution < 1.29 is 28.4 Å². The lowest BCUT2D eigenvalue weighted by Crippen LogP contribution is -2.20. The second kappa shape index (κ2) is 9.65. The SMILES string of the molecule is Cc1noc(C)c1COc1cc2ccccc2cc1C(=O)OCC(=O)c1ccc2c(c1)CCC(=O)N2. The normalized spacial score (nSPS) is 12.7. The zero-order chi connectivity index (χ0) is 25.2. The summed E-state index contributed by atoms with van der Waals surface area (Å²) in [4.78, 5) is 37.4. The third-order valence-electron chi connectivity index (χ3n) is 6.28. The van der Waals surface area contributed by atoms with Gasteiger partial charge in [0, 0.05) is 17.7 Å². The van der Waals surface area contributed by atoms with E-state index in [0.29, 0.717) is 41.3 Å². The third-order valence-corrected chi connectivity index (χ3v) is 6.28. The van der Waals surface area contributed by atoms with Gasteiger partial charge in [-0.05, 0) is 66.9 Å². The lowest BCUT2D eigenvalue weighted by Gasteiger charge is -2.17. The number of benzene rings is 3. The molecule has 1 aromatic heterocycles. The number of amides is 1. The maximum atomic E-state index is 13.1. The van der Waals surface area contributed by atoms with Crippen LogP contribution in [0.4, 0.5) is 5.69 Å². The van der Waals surface area contributed by atoms with Crippen molar-refractivity contribution in [3.05, 3.63) is 88.3 Å². The summed E-state index contributed by atoms with van der Waals surface area (Å²) in [5.74, 6) is -0.0447. The van der Waals surface area contributed by atoms with Gasteiger partial charge >= 0.3 is 5.97 Å². The fourth-order valence-corrected chi connectivity index (χ4v) is 4.21. The van der Waals surface area contributed by atoms with E-state index in [4.69, 9.17) is 14.0 Å². The van der Waals surface area contributed by atoms with Crippen LogP contribution in [-0.2, 0) is 22.6 Å². The summed E-state index contributed by atoms with van der Waals surface area (Å²) in [6, 6.07) is 16.1. The second-order valence-electron chi connectivity index (χ2n) is 8.71. The molecule has 0 fully saturated rings. The maximum Gasteiger partial charge on any atom is 0.342 e. The number of fused-ring (bicyclic) bond motifs is 2. The molecule has 0 saturated carbocycles. The highest BCUT2D eigenvalue weighted by Gasteiger charge is 2.21. The van der Waals surface area contributed by atoms with E-state index in [1.165, 1.54) is 0 Å². The van der Waals surface area contributed by atoms with Crippen LogP contribution in [0.15, 0.2) is 59.1 Å². The minimum absolute atomic E-state index is 0.0433. The monoisotopic (exact) mass is 484 g/mol. The topological polar surface area (TPSA) is 108 Å². The molecule has 8 nitrogen and oxygen atoms in total. The summed E-state index contributed by atoms with van der Waals surface area (Å²) in [5.41, 5.74) is 3.76. The van der Waals surface area contributed by atoms with Crippen molar-refractivity contribution in [1.82, 2.24) is 5.16 Å². The molecule has 0 aliphatic carbocycles. The van der Waals surface area contributed by atoms with Crippen molar-refractivity contribution in [2.75, 3.05) is 11.9 Å². The molecule has 3 aromatic carbocycles. The number of aromatic nitrogens is 1. The van der Waals surface area contributed by atoms with Crippen LogP contribution >= 0.6 is 0 Å². The Kier molecular flexibility index (Phi) is 6.25. The van der Waals surface area contributed by atoms with Crippen LogP contribution in [0.3, 0.4) is 0 Å². The highest BCUT2D eigenvalue weighted by atomic mass is 16.5. The Morgan fingerprint density at radius 2 is 1.81 bits per heavy atom. The molecule has 1 N–H and O–H groups in total. The number of ketones is 1. The van der Waals surface area contributed by atoms with Gasteiger partial charge in [0.05, 0.1) is 11.3 Å². The van der Waals surface area contributed by atoms with Crippen molar-refractivity contribution in [3.63, 3.8) is 0 Å². The fourth-order valence-electron chi connectivity index (χ4n) is 4.21. The molecule has 0 radical (unpaired) electrons. The molecule has 1 aliphatic rings. The van der Waals surface area contributed by atoms with E-state index in [0.717, 1.165) is 21.9 Å². The summed E-state index contributed by atoms with van der Waals surface area (Å²) in [5, 5.41) is 8.47. The Morgan fingerprint density at radius 1 is 1.03 bits per heavy atom. The summed E-state index contributed by atoms with van der Waals surface area (Å²) in [7, 11) is 0. The van der Waals surface area contributed by atoms with Crippen molar-refractivity contribution in [1.29, 1.82) is 0 Å². The minimum Gasteiger partial charge on any atom is -0.488 e. The number of esters is 1. The molecule has 1 amide bonds. The number of aryl methyl sites for hydroxylation is 3. The van der Waals surface area contributed by atoms with Crippen LogP contribution in [-0.4, -0.2) is 29.4 Å². The van der Waals surface area contributed by atoms with E-state index < -0.39 is 12.6 Å². The molecular weight excluding hydrogens is 460 g/mol. The molecule has 2 heterocycles. The summed E-state index contributed by atoms with van der Waals surface area (Å²) in [6.45, 7) is 3.38. The zero-order valence-corrected chi connectivity index (χ0v) is 19.9. The number of carbonyl (C=O) groups excluding carboxylic acids is 3. The molecule has 36 heavy (non-hydrogen) atoms. The number of nitrogens with zero attached hydrogens (tertiary/aromatic N) is 1. The van der Waals surface area contributed by atoms with Gasteiger partial charge < -0.3 is 19.3 Å². The molecule has 0 spiro atoms. The number of hydrogen-bond donors (Lipinski definition) is 1. The van der Waals surface area contributed by atoms with E-state index in [9.17, 15) is 14.4 Å². The number of hydrogen-bond acceptors (Lipinski definition) is 7. The molecule has 8 heteroatoms. The molecule has 1 aliphatic heterocycles. The summed E-state index contributed by atoms with van der Waals surface area (Å²) in [6.07, 6.45) is 0.934. The highest BCUT2D eigenvalue weighted by Crippen LogP contribution is 2.29. The van der Waals surface area contributed by atoms with Crippen LogP contribution in [0.2, 0.25) is 0 Å². The average Bonchev–Trinajstić information content (AvgIpc) is 3.21. The first-order valence-electron chi connectivity index (χ1n) is 11.6. The first-order valence-corrected chi connectivity index (χ1v) is 11.6. The van der Waals surface area contributed by atoms with Gasteiger partial charge in [-0.3, -0.25) is 9.59 Å². The third kappa shape index (κ3) is 4.70. The average molecular weight is 485 g/mol. The Balaban J connectivity index is 1.34. The zero-order valence-electron chi connectivity index (χ0n) is 19.9. The lowest BCUT2D eigenvalue weighted by atomic mass is 9.99. The highest BCUT2D eigenvalue weighted by molar-refractivity contribution is 6.03. The standard InChI is InChI=1S/C28H24N2O6/c1-16-23(17(2)36-30-16)14-34-26-13-19-6-4-3-5-18(19)12-22(26)28(33)35-15-25(31)21-7-9-24-20(11-21)8-10-27(32)29-24/h3-7,9,11-13H,8,10,14-15H2,1-2H3,(H,29,32). The Hall–Kier alpha value is -4.46. The van der Waals surface area contributed by atoms with Gasteiger partial charge in [-0.1, -0.05) is 29.4 Å². The first-order chi connectivity index (χ1) is 17.4. The number of nitrogens with one attached hydrogen (secondary N) is 1. The number of ether oxygens (including phenoxy) is 2. The smallest absolute Gasteiger partial charge is 0.342 e. The van der Waals surface area contributed by atoms with Crippen LogP contribution in [0.25, 0.3) is 10.8 Å². The Bertz CT molecular complexity index is 1480. The number of rotatable bonds is 7. The van der Waals surface area contributed by atoms with Crippen molar-refractivity contribution in [2.24, 2.45) is 0 Å². The van der Waals surface area contributed by atoms with Gasteiger partial charge in [0.1, 0.15) is 23.7 Å². The second-order valence-corrected chi connectivity index (χ2v) is 8.71. The quantitative estimate of drug-likeness (QED) is 0.292. The van der Waals surface area contributed by atoms with E-state index in [1.54, 1.807) is 37.3 Å². The van der Waals surface area contributed by atoms with E-state index in [1.807, 2.05) is 31.2 Å². The molecule has 0 saturated heterocycles. The Labute approximate surface area is 207 Å². The van der Waals surface area contributed by atoms with Gasteiger partial charge in [0.2, 0.25) is 5.91 Å². The number of Topliss-reactive ketones (excluding diaryl/α,β-unsaturated/α-hetero) is 1. The van der Waals surface area contributed by atoms with Crippen LogP contribution in [0.1, 0.15) is 49.7 Å². The van der Waals surface area contributed by atoms with Crippen molar-refractivity contribution in [2.45, 2.75) is 33.3 Å². The summed E-state index contributed by atoms with van der Waals surface area (Å²) >= 11 is 0. The lowest BCUT2D eigenvalue weighted by molar-refractivity contribution is -0.116. The minimum atomic E-state index is -0.659. The molecule has 4 aromatic rings. The molecule has 5 rings (SSSR count). The number of carbonyl (C=O) groups is 3. The molecule has 182 valence electrons. The van der Waals surface area contributed by atoms with Crippen LogP contribution in [0, 0.1) is 13.8 Å². The molecule has 0 bridgehead atoms. The van der Waals surface area contributed by atoms with Gasteiger partial charge in [-0.2, -0.15) is 0 Å². The maximum absolute atomic E-state index is 13.1. The molecular formula is C28H24N2O6. The van der Waals surface area contributed by atoms with Crippen LogP contribution in [0.5, 0.6) is 5.75 Å². The van der Waals surface area contributed by atoms with E-state index in [-0.39, 0.29) is 23.9 Å². The number of anilines is 1. The molecule has 0 unspecified atom stereocenters. The van der Waals surface area contributed by atoms with E-state index >= 15 is 0 Å². The largest absolute Gasteiger partial charge is 0.488 e. The summed E-state index contributed by atoms with van der Waals surface area (Å²) < 4.78 is 16.6. The Morgan fingerprint density at radius 3 is 2.56 bits per heavy atom. The van der Waals surface area contributed by atoms with Gasteiger partial charge in [-0.15, -0.1) is 0 Å². The predicted octanol–water partition coefficient (Wildman–Crippen LogP) is 4.95. The van der Waals surface area contributed by atoms with Gasteiger partial charge in [0.15, 0.2) is 12.4 Å². The molecule has 0 atom stereocenters. The van der Waals surface area contributed by atoms with Crippen LogP contribution < -0.4 is 10.1 Å². The predicted molar refractivity (Wildman–Crippen MR) is 132 cm³/mol. The van der Waals surface area contributed by atoms with Gasteiger partial charge in [0.25, 0.3) is 0 Å². The van der Waals surface area contributed by atoms with Crippen molar-refractivity contribution >= 4 is 34.1 Å². The van der Waals surface area contributed by atoms with Crippen molar-refractivity contribution in [3.8, 4) is 5.75 Å². The fraction of sp³-hybridized carbons (Fsp3) is 0.214. The van der Waals surface area contributed by atoms with Gasteiger partial charge in [-0.25, -0.2) is 4.79 Å². The first kappa shape index (κ1) is 23.3.